The molecular weight excluding hydrogens is 320 g/mol. The number of nitrogens with one attached hydrogen (secondary N) is 1. The van der Waals surface area contributed by atoms with E-state index in [1.165, 1.54) is 5.56 Å². The first kappa shape index (κ1) is 15.8. The molecule has 0 atom stereocenters. The highest BCUT2D eigenvalue weighted by Gasteiger charge is 2.45. The fourth-order valence-electron chi connectivity index (χ4n) is 3.11. The van der Waals surface area contributed by atoms with Crippen molar-refractivity contribution in [3.8, 4) is 11.5 Å². The van der Waals surface area contributed by atoms with E-state index in [0.29, 0.717) is 19.6 Å². The Labute approximate surface area is 146 Å². The Kier molecular flexibility index (Phi) is 3.99. The summed E-state index contributed by atoms with van der Waals surface area (Å²) in [5.74, 6) is 1.59. The third kappa shape index (κ3) is 3.26. The number of hydrogen-bond donors (Lipinski definition) is 1. The van der Waals surface area contributed by atoms with Crippen molar-refractivity contribution in [3.05, 3.63) is 42.2 Å². The van der Waals surface area contributed by atoms with E-state index in [9.17, 15) is 4.79 Å². The molecule has 0 saturated heterocycles. The molecule has 2 amide bonds. The van der Waals surface area contributed by atoms with Crippen molar-refractivity contribution in [1.82, 2.24) is 20.0 Å². The molecule has 7 heteroatoms. The minimum atomic E-state index is -0.0563. The molecule has 0 bridgehead atoms. The predicted octanol–water partition coefficient (Wildman–Crippen LogP) is 1.98. The van der Waals surface area contributed by atoms with Crippen molar-refractivity contribution in [3.63, 3.8) is 0 Å². The van der Waals surface area contributed by atoms with Gasteiger partial charge in [0.05, 0.1) is 6.54 Å². The van der Waals surface area contributed by atoms with Gasteiger partial charge < -0.3 is 19.7 Å². The van der Waals surface area contributed by atoms with Gasteiger partial charge in [-0.15, -0.1) is 0 Å². The van der Waals surface area contributed by atoms with Crippen LogP contribution < -0.4 is 14.8 Å². The zero-order chi connectivity index (χ0) is 17.3. The molecule has 7 nitrogen and oxygen atoms in total. The molecule has 25 heavy (non-hydrogen) atoms. The zero-order valence-corrected chi connectivity index (χ0v) is 14.3. The summed E-state index contributed by atoms with van der Waals surface area (Å²) in [5, 5.41) is 7.21. The van der Waals surface area contributed by atoms with Crippen LogP contribution >= 0.6 is 0 Å². The summed E-state index contributed by atoms with van der Waals surface area (Å²) >= 11 is 0. The number of aromatic nitrogens is 2. The number of nitrogens with zero attached hydrogens (tertiary/aromatic N) is 3. The summed E-state index contributed by atoms with van der Waals surface area (Å²) in [4.78, 5) is 14.0. The summed E-state index contributed by atoms with van der Waals surface area (Å²) in [6, 6.07) is 7.90. The maximum atomic E-state index is 12.3. The van der Waals surface area contributed by atoms with Gasteiger partial charge in [-0.1, -0.05) is 6.07 Å². The number of benzene rings is 1. The average Bonchev–Trinajstić information content (AvgIpc) is 3.03. The van der Waals surface area contributed by atoms with Crippen molar-refractivity contribution in [2.24, 2.45) is 0 Å². The van der Waals surface area contributed by atoms with Gasteiger partial charge in [0.1, 0.15) is 0 Å². The first-order chi connectivity index (χ1) is 12.2. The highest BCUT2D eigenvalue weighted by atomic mass is 16.7. The Morgan fingerprint density at radius 1 is 1.36 bits per heavy atom. The van der Waals surface area contributed by atoms with Gasteiger partial charge in [0.15, 0.2) is 11.5 Å². The van der Waals surface area contributed by atoms with E-state index >= 15 is 0 Å². The van der Waals surface area contributed by atoms with E-state index in [4.69, 9.17) is 9.47 Å². The Hall–Kier alpha value is -2.70. The number of fused-ring (bicyclic) bond motifs is 1. The first-order valence-corrected chi connectivity index (χ1v) is 8.53. The van der Waals surface area contributed by atoms with Gasteiger partial charge in [-0.25, -0.2) is 4.79 Å². The molecule has 1 aliphatic heterocycles. The van der Waals surface area contributed by atoms with Crippen molar-refractivity contribution >= 4 is 6.03 Å². The fraction of sp³-hybridized carbons (Fsp3) is 0.444. The molecule has 0 radical (unpaired) electrons. The van der Waals surface area contributed by atoms with Crippen LogP contribution in [0.2, 0.25) is 0 Å². The smallest absolute Gasteiger partial charge is 0.317 e. The van der Waals surface area contributed by atoms with Gasteiger partial charge in [-0.3, -0.25) is 4.68 Å². The van der Waals surface area contributed by atoms with Gasteiger partial charge in [0.25, 0.3) is 0 Å². The van der Waals surface area contributed by atoms with Crippen LogP contribution in [0.25, 0.3) is 0 Å². The molecule has 132 valence electrons. The van der Waals surface area contributed by atoms with E-state index in [0.717, 1.165) is 24.3 Å². The number of hydrogen-bond acceptors (Lipinski definition) is 4. The second kappa shape index (κ2) is 6.31. The third-order valence-corrected chi connectivity index (χ3v) is 4.99. The minimum absolute atomic E-state index is 0.0272. The van der Waals surface area contributed by atoms with Crippen LogP contribution in [0.4, 0.5) is 4.79 Å². The third-order valence-electron chi connectivity index (χ3n) is 4.99. The van der Waals surface area contributed by atoms with Crippen LogP contribution in [0.3, 0.4) is 0 Å². The topological polar surface area (TPSA) is 68.6 Å². The number of carbonyl (C=O) groups is 1. The lowest BCUT2D eigenvalue weighted by atomic mass is 9.95. The van der Waals surface area contributed by atoms with Gasteiger partial charge in [0, 0.05) is 37.9 Å². The minimum Gasteiger partial charge on any atom is -0.454 e. The van der Waals surface area contributed by atoms with Crippen molar-refractivity contribution in [2.45, 2.75) is 24.8 Å². The molecule has 2 aromatic rings. The number of carbonyl (C=O) groups excluding carboxylic acids is 1. The molecule has 1 N–H and O–H groups in total. The molecule has 0 unspecified atom stereocenters. The number of rotatable bonds is 6. The van der Waals surface area contributed by atoms with Gasteiger partial charge >= 0.3 is 6.03 Å². The van der Waals surface area contributed by atoms with E-state index < -0.39 is 0 Å². The Morgan fingerprint density at radius 2 is 2.20 bits per heavy atom. The quantitative estimate of drug-likeness (QED) is 0.872. The fourth-order valence-corrected chi connectivity index (χ4v) is 3.11. The zero-order valence-electron chi connectivity index (χ0n) is 14.3. The normalized spacial score (nSPS) is 16.5. The summed E-state index contributed by atoms with van der Waals surface area (Å²) < 4.78 is 12.7. The highest BCUT2D eigenvalue weighted by Crippen LogP contribution is 2.49. The first-order valence-electron chi connectivity index (χ1n) is 8.53. The Balaban J connectivity index is 1.32. The van der Waals surface area contributed by atoms with Gasteiger partial charge in [-0.05, 0) is 36.6 Å². The number of amides is 2. The number of ether oxygens (including phenoxy) is 2. The summed E-state index contributed by atoms with van der Waals surface area (Å²) in [7, 11) is 1.80. The molecule has 1 saturated carbocycles. The van der Waals surface area contributed by atoms with E-state index in [1.54, 1.807) is 18.1 Å². The monoisotopic (exact) mass is 342 g/mol. The van der Waals surface area contributed by atoms with Crippen LogP contribution in [-0.2, 0) is 12.0 Å². The maximum absolute atomic E-state index is 12.3. The SMILES string of the molecule is CN(CCn1cccn1)C(=O)NCC1(c2ccc3c(c2)OCO3)CC1. The number of likely N-dealkylation sites (N-methyl/N-ethyl adjacent to an activating group) is 1. The Bertz CT molecular complexity index is 756. The maximum Gasteiger partial charge on any atom is 0.317 e. The number of urea groups is 1. The average molecular weight is 342 g/mol. The molecule has 1 aromatic carbocycles. The molecule has 0 spiro atoms. The van der Waals surface area contributed by atoms with Gasteiger partial charge in [-0.2, -0.15) is 5.10 Å². The van der Waals surface area contributed by atoms with Crippen LogP contribution in [0.1, 0.15) is 18.4 Å². The highest BCUT2D eigenvalue weighted by molar-refractivity contribution is 5.74. The molecule has 1 fully saturated rings. The molecule has 1 aliphatic carbocycles. The largest absolute Gasteiger partial charge is 0.454 e. The molecule has 2 heterocycles. The van der Waals surface area contributed by atoms with Gasteiger partial charge in [0.2, 0.25) is 6.79 Å². The van der Waals surface area contributed by atoms with Crippen LogP contribution in [0, 0.1) is 0 Å². The van der Waals surface area contributed by atoms with Crippen LogP contribution in [0.15, 0.2) is 36.7 Å². The summed E-state index contributed by atoms with van der Waals surface area (Å²) in [6.07, 6.45) is 5.78. The molecule has 4 rings (SSSR count). The lowest BCUT2D eigenvalue weighted by Gasteiger charge is -2.21. The van der Waals surface area contributed by atoms with Crippen molar-refractivity contribution in [1.29, 1.82) is 0 Å². The Morgan fingerprint density at radius 3 is 2.96 bits per heavy atom. The van der Waals surface area contributed by atoms with E-state index in [-0.39, 0.29) is 18.2 Å². The molecule has 1 aromatic heterocycles. The second-order valence-electron chi connectivity index (χ2n) is 6.70. The summed E-state index contributed by atoms with van der Waals surface area (Å²) in [5.41, 5.74) is 1.23. The van der Waals surface area contributed by atoms with E-state index in [2.05, 4.69) is 16.5 Å². The lowest BCUT2D eigenvalue weighted by Crippen LogP contribution is -2.42. The van der Waals surface area contributed by atoms with Crippen LogP contribution in [0.5, 0.6) is 11.5 Å². The molecular formula is C18H22N4O3. The standard InChI is InChI=1S/C18H22N4O3/c1-21(9-10-22-8-2-7-20-22)17(23)19-12-18(5-6-18)14-3-4-15-16(11-14)25-13-24-15/h2-4,7-8,11H,5-6,9-10,12-13H2,1H3,(H,19,23). The predicted molar refractivity (Wildman–Crippen MR) is 91.7 cm³/mol. The second-order valence-corrected chi connectivity index (χ2v) is 6.70. The molecule has 2 aliphatic rings. The van der Waals surface area contributed by atoms with E-state index in [1.807, 2.05) is 29.1 Å². The van der Waals surface area contributed by atoms with Crippen LogP contribution in [-0.4, -0.2) is 47.6 Å². The summed E-state index contributed by atoms with van der Waals surface area (Å²) in [6.45, 7) is 2.22. The lowest BCUT2D eigenvalue weighted by molar-refractivity contribution is 0.174. The van der Waals surface area contributed by atoms with Crippen molar-refractivity contribution < 1.29 is 14.3 Å². The van der Waals surface area contributed by atoms with Crippen molar-refractivity contribution in [2.75, 3.05) is 26.9 Å².